The normalized spacial score (nSPS) is 12.5. The Morgan fingerprint density at radius 3 is 2.83 bits per heavy atom. The summed E-state index contributed by atoms with van der Waals surface area (Å²) in [5, 5.41) is 7.97. The molecule has 0 N–H and O–H groups in total. The van der Waals surface area contributed by atoms with Crippen LogP contribution < -0.4 is 14.3 Å². The van der Waals surface area contributed by atoms with Crippen molar-refractivity contribution in [2.75, 3.05) is 13.4 Å². The summed E-state index contributed by atoms with van der Waals surface area (Å²) in [6.45, 7) is 3.95. The number of aromatic nitrogens is 4. The van der Waals surface area contributed by atoms with Gasteiger partial charge in [0.25, 0.3) is 0 Å². The van der Waals surface area contributed by atoms with Gasteiger partial charge in [0.05, 0.1) is 0 Å². The van der Waals surface area contributed by atoms with Crippen LogP contribution in [0.4, 0.5) is 0 Å². The van der Waals surface area contributed by atoms with Crippen LogP contribution in [0.3, 0.4) is 0 Å². The quantitative estimate of drug-likeness (QED) is 0.488. The molecule has 0 radical (unpaired) electrons. The number of ether oxygens (including phenoxy) is 2. The van der Waals surface area contributed by atoms with Gasteiger partial charge in [0.1, 0.15) is 11.0 Å². The molecule has 0 saturated heterocycles. The topological polar surface area (TPSA) is 80.4 Å². The fourth-order valence-corrected chi connectivity index (χ4v) is 3.61. The van der Waals surface area contributed by atoms with Crippen LogP contribution in [0.15, 0.2) is 48.5 Å². The predicted octanol–water partition coefficient (Wildman–Crippen LogP) is 2.88. The Morgan fingerprint density at radius 2 is 1.93 bits per heavy atom. The first-order chi connectivity index (χ1) is 14.1. The third-order valence-corrected chi connectivity index (χ3v) is 4.99. The number of aryl methyl sites for hydroxylation is 1. The van der Waals surface area contributed by atoms with E-state index in [9.17, 15) is 4.79 Å². The lowest BCUT2D eigenvalue weighted by molar-refractivity contribution is 0.0630. The predicted molar refractivity (Wildman–Crippen MR) is 105 cm³/mol. The molecular weight excluding hydrogens is 372 g/mol. The Labute approximate surface area is 166 Å². The molecule has 4 aromatic rings. The second kappa shape index (κ2) is 6.66. The van der Waals surface area contributed by atoms with E-state index >= 15 is 0 Å². The van der Waals surface area contributed by atoms with Crippen LogP contribution in [0.2, 0.25) is 0 Å². The molecule has 2 aromatic carbocycles. The van der Waals surface area contributed by atoms with E-state index in [-0.39, 0.29) is 19.2 Å². The maximum absolute atomic E-state index is 12.8. The highest BCUT2D eigenvalue weighted by molar-refractivity contribution is 5.98. The molecule has 8 heteroatoms. The highest BCUT2D eigenvalue weighted by Gasteiger charge is 2.20. The van der Waals surface area contributed by atoms with Gasteiger partial charge in [-0.1, -0.05) is 17.0 Å². The van der Waals surface area contributed by atoms with E-state index in [4.69, 9.17) is 14.3 Å². The summed E-state index contributed by atoms with van der Waals surface area (Å²) in [5.74, 6) is 1.29. The van der Waals surface area contributed by atoms with Gasteiger partial charge in [-0.05, 0) is 49.4 Å². The average Bonchev–Trinajstić information content (AvgIpc) is 3.43. The van der Waals surface area contributed by atoms with E-state index in [1.54, 1.807) is 0 Å². The summed E-state index contributed by atoms with van der Waals surface area (Å²) in [6, 6.07) is 15.0. The number of hydrogen-bond donors (Lipinski definition) is 0. The third kappa shape index (κ3) is 2.89. The summed E-state index contributed by atoms with van der Waals surface area (Å²) in [6.07, 6.45) is 0. The van der Waals surface area contributed by atoms with Gasteiger partial charge in [-0.2, -0.15) is 0 Å². The third-order valence-electron chi connectivity index (χ3n) is 4.99. The molecular formula is C21H18N4O4. The molecule has 3 heterocycles. The highest BCUT2D eigenvalue weighted by Crippen LogP contribution is 2.34. The molecule has 29 heavy (non-hydrogen) atoms. The zero-order valence-corrected chi connectivity index (χ0v) is 16.0. The fourth-order valence-electron chi connectivity index (χ4n) is 3.61. The maximum Gasteiger partial charge on any atom is 0.231 e. The van der Waals surface area contributed by atoms with E-state index in [1.807, 2.05) is 66.9 Å². The Hall–Kier alpha value is -3.81. The van der Waals surface area contributed by atoms with E-state index in [1.165, 1.54) is 4.85 Å². The van der Waals surface area contributed by atoms with Crippen LogP contribution in [-0.2, 0) is 0 Å². The molecule has 146 valence electrons. The number of Topliss-reactive ketones (excluding diaryl/α,β-unsaturated/α-hetero) is 1. The SMILES string of the molecule is Cc1cc(C(=O)COn2nnc3ccccc32)c(C)n1-c1ccc2c(c1)OCO2. The lowest BCUT2D eigenvalue weighted by Crippen LogP contribution is -2.21. The van der Waals surface area contributed by atoms with Crippen molar-refractivity contribution in [3.8, 4) is 17.2 Å². The fraction of sp³-hybridized carbons (Fsp3) is 0.190. The minimum absolute atomic E-state index is 0.135. The van der Waals surface area contributed by atoms with Crippen LogP contribution in [-0.4, -0.2) is 38.9 Å². The Kier molecular flexibility index (Phi) is 3.97. The molecule has 1 aliphatic rings. The molecule has 0 unspecified atom stereocenters. The second-order valence-electron chi connectivity index (χ2n) is 6.81. The maximum atomic E-state index is 12.8. The Balaban J connectivity index is 1.40. The molecule has 0 aliphatic carbocycles. The monoisotopic (exact) mass is 390 g/mol. The lowest BCUT2D eigenvalue weighted by atomic mass is 10.1. The molecule has 0 atom stereocenters. The number of ketones is 1. The molecule has 2 aromatic heterocycles. The van der Waals surface area contributed by atoms with Crippen molar-refractivity contribution in [3.63, 3.8) is 0 Å². The molecule has 1 aliphatic heterocycles. The van der Waals surface area contributed by atoms with Crippen molar-refractivity contribution >= 4 is 16.8 Å². The molecule has 8 nitrogen and oxygen atoms in total. The van der Waals surface area contributed by atoms with E-state index in [0.29, 0.717) is 22.3 Å². The smallest absolute Gasteiger partial charge is 0.231 e. The van der Waals surface area contributed by atoms with Gasteiger partial charge in [0.2, 0.25) is 12.6 Å². The number of hydrogen-bond acceptors (Lipinski definition) is 6. The van der Waals surface area contributed by atoms with Gasteiger partial charge >= 0.3 is 0 Å². The standard InChI is InChI=1S/C21H18N4O4/c1-13-9-16(14(2)24(13)15-7-8-20-21(10-15)28-12-27-20)19(26)11-29-25-18-6-4-3-5-17(18)22-23-25/h3-10H,11-12H2,1-2H3. The van der Waals surface area contributed by atoms with Gasteiger partial charge < -0.3 is 18.9 Å². The lowest BCUT2D eigenvalue weighted by Gasteiger charge is -2.11. The Bertz CT molecular complexity index is 1240. The first-order valence-corrected chi connectivity index (χ1v) is 9.18. The largest absolute Gasteiger partial charge is 0.454 e. The molecule has 0 fully saturated rings. The van der Waals surface area contributed by atoms with Crippen LogP contribution in [0.25, 0.3) is 16.7 Å². The number of rotatable bonds is 5. The van der Waals surface area contributed by atoms with Gasteiger partial charge in [-0.25, -0.2) is 0 Å². The molecule has 0 bridgehead atoms. The van der Waals surface area contributed by atoms with Crippen molar-refractivity contribution in [1.29, 1.82) is 0 Å². The van der Waals surface area contributed by atoms with Crippen LogP contribution in [0.1, 0.15) is 21.7 Å². The molecule has 0 saturated carbocycles. The first kappa shape index (κ1) is 17.3. The second-order valence-corrected chi connectivity index (χ2v) is 6.81. The van der Waals surface area contributed by atoms with Gasteiger partial charge in [-0.15, -0.1) is 5.10 Å². The Morgan fingerprint density at radius 1 is 1.10 bits per heavy atom. The van der Waals surface area contributed by atoms with Crippen molar-refractivity contribution in [3.05, 3.63) is 65.5 Å². The number of nitrogens with zero attached hydrogens (tertiary/aromatic N) is 4. The minimum atomic E-state index is -0.140. The number of carbonyl (C=O) groups excluding carboxylic acids is 1. The van der Waals surface area contributed by atoms with Crippen molar-refractivity contribution < 1.29 is 19.1 Å². The zero-order valence-electron chi connectivity index (χ0n) is 16.0. The van der Waals surface area contributed by atoms with E-state index in [2.05, 4.69) is 10.3 Å². The van der Waals surface area contributed by atoms with Crippen LogP contribution in [0.5, 0.6) is 11.5 Å². The molecule has 0 spiro atoms. The highest BCUT2D eigenvalue weighted by atomic mass is 16.7. The summed E-state index contributed by atoms with van der Waals surface area (Å²) in [5.41, 5.74) is 4.71. The van der Waals surface area contributed by atoms with Gasteiger partial charge in [0, 0.05) is 28.7 Å². The summed E-state index contributed by atoms with van der Waals surface area (Å²) < 4.78 is 12.9. The summed E-state index contributed by atoms with van der Waals surface area (Å²) >= 11 is 0. The van der Waals surface area contributed by atoms with E-state index in [0.717, 1.165) is 22.8 Å². The van der Waals surface area contributed by atoms with Crippen LogP contribution in [0, 0.1) is 13.8 Å². The number of benzene rings is 2. The van der Waals surface area contributed by atoms with Gasteiger partial charge in [0.15, 0.2) is 18.1 Å². The first-order valence-electron chi connectivity index (χ1n) is 9.18. The zero-order chi connectivity index (χ0) is 20.0. The average molecular weight is 390 g/mol. The van der Waals surface area contributed by atoms with Crippen molar-refractivity contribution in [2.45, 2.75) is 13.8 Å². The minimum Gasteiger partial charge on any atom is -0.454 e. The number of fused-ring (bicyclic) bond motifs is 2. The van der Waals surface area contributed by atoms with E-state index < -0.39 is 0 Å². The number of carbonyl (C=O) groups is 1. The van der Waals surface area contributed by atoms with Crippen molar-refractivity contribution in [2.24, 2.45) is 0 Å². The molecule has 5 rings (SSSR count). The van der Waals surface area contributed by atoms with Gasteiger partial charge in [-0.3, -0.25) is 4.79 Å². The summed E-state index contributed by atoms with van der Waals surface area (Å²) in [7, 11) is 0. The molecule has 0 amide bonds. The number of para-hydroxylation sites is 1. The summed E-state index contributed by atoms with van der Waals surface area (Å²) in [4.78, 5) is 19.7. The van der Waals surface area contributed by atoms with Crippen LogP contribution >= 0.6 is 0 Å². The van der Waals surface area contributed by atoms with Crippen molar-refractivity contribution in [1.82, 2.24) is 19.7 Å².